The zero-order chi connectivity index (χ0) is 14.7. The van der Waals surface area contributed by atoms with E-state index < -0.39 is 5.82 Å². The molecule has 0 atom stereocenters. The zero-order valence-corrected chi connectivity index (χ0v) is 11.4. The van der Waals surface area contributed by atoms with Crippen molar-refractivity contribution in [3.8, 4) is 11.5 Å². The summed E-state index contributed by atoms with van der Waals surface area (Å²) in [6.45, 7) is 1.77. The smallest absolute Gasteiger partial charge is 0.184 e. The lowest BCUT2D eigenvalue weighted by atomic mass is 10.1. The summed E-state index contributed by atoms with van der Waals surface area (Å²) in [5, 5.41) is 11.6. The van der Waals surface area contributed by atoms with Gasteiger partial charge in [0.2, 0.25) is 0 Å². The first-order valence-corrected chi connectivity index (χ1v) is 6.11. The van der Waals surface area contributed by atoms with Crippen molar-refractivity contribution in [2.75, 3.05) is 0 Å². The quantitative estimate of drug-likeness (QED) is 0.393. The zero-order valence-electron chi connectivity index (χ0n) is 10.6. The summed E-state index contributed by atoms with van der Waals surface area (Å²) in [6.07, 6.45) is 0. The lowest BCUT2D eigenvalue weighted by Crippen LogP contribution is -2.14. The van der Waals surface area contributed by atoms with Crippen molar-refractivity contribution in [3.63, 3.8) is 0 Å². The van der Waals surface area contributed by atoms with Crippen LogP contribution in [-0.2, 0) is 0 Å². The van der Waals surface area contributed by atoms with Gasteiger partial charge in [0.05, 0.1) is 5.02 Å². The predicted molar refractivity (Wildman–Crippen MR) is 75.2 cm³/mol. The topological polar surface area (TPSA) is 67.8 Å². The van der Waals surface area contributed by atoms with Gasteiger partial charge in [-0.1, -0.05) is 22.8 Å². The molecule has 6 heteroatoms. The molecular formula is C14H12ClFN2O2. The number of amidine groups is 1. The van der Waals surface area contributed by atoms with Gasteiger partial charge in [0.1, 0.15) is 5.75 Å². The normalized spacial score (nSPS) is 11.4. The van der Waals surface area contributed by atoms with Crippen molar-refractivity contribution in [2.24, 2.45) is 10.9 Å². The molecule has 0 fully saturated rings. The van der Waals surface area contributed by atoms with E-state index in [0.717, 1.165) is 5.56 Å². The molecular weight excluding hydrogens is 283 g/mol. The molecule has 0 saturated heterocycles. The number of hydrogen-bond donors (Lipinski definition) is 2. The summed E-state index contributed by atoms with van der Waals surface area (Å²) >= 11 is 5.68. The van der Waals surface area contributed by atoms with Crippen molar-refractivity contribution in [1.82, 2.24) is 0 Å². The van der Waals surface area contributed by atoms with Gasteiger partial charge in [-0.05, 0) is 42.8 Å². The summed E-state index contributed by atoms with van der Waals surface area (Å²) in [7, 11) is 0. The Hall–Kier alpha value is -2.27. The van der Waals surface area contributed by atoms with Gasteiger partial charge in [-0.2, -0.15) is 0 Å². The van der Waals surface area contributed by atoms with Gasteiger partial charge >= 0.3 is 0 Å². The monoisotopic (exact) mass is 294 g/mol. The minimum absolute atomic E-state index is 0.00276. The molecule has 0 aromatic heterocycles. The van der Waals surface area contributed by atoms with Crippen molar-refractivity contribution in [2.45, 2.75) is 6.92 Å². The van der Waals surface area contributed by atoms with Crippen molar-refractivity contribution in [1.29, 1.82) is 0 Å². The second-order valence-electron chi connectivity index (χ2n) is 4.12. The summed E-state index contributed by atoms with van der Waals surface area (Å²) < 4.78 is 19.2. The van der Waals surface area contributed by atoms with Crippen LogP contribution in [0.25, 0.3) is 0 Å². The molecule has 0 aliphatic carbocycles. The van der Waals surface area contributed by atoms with Gasteiger partial charge in [-0.15, -0.1) is 0 Å². The van der Waals surface area contributed by atoms with E-state index in [9.17, 15) is 4.39 Å². The molecule has 20 heavy (non-hydrogen) atoms. The maximum Gasteiger partial charge on any atom is 0.184 e. The fourth-order valence-corrected chi connectivity index (χ4v) is 1.90. The average molecular weight is 295 g/mol. The predicted octanol–water partition coefficient (Wildman–Crippen LogP) is 3.67. The van der Waals surface area contributed by atoms with Gasteiger partial charge in [-0.3, -0.25) is 0 Å². The Bertz CT molecular complexity index is 674. The number of benzene rings is 2. The minimum Gasteiger partial charge on any atom is -0.454 e. The third-order valence-corrected chi connectivity index (χ3v) is 3.02. The number of nitrogens with two attached hydrogens (primary N) is 1. The Labute approximate surface area is 120 Å². The first-order chi connectivity index (χ1) is 9.52. The molecule has 0 amide bonds. The average Bonchev–Trinajstić information content (AvgIpc) is 2.43. The molecule has 0 unspecified atom stereocenters. The van der Waals surface area contributed by atoms with Crippen molar-refractivity contribution < 1.29 is 14.3 Å². The first kappa shape index (κ1) is 14.1. The third-order valence-electron chi connectivity index (χ3n) is 2.73. The summed E-state index contributed by atoms with van der Waals surface area (Å²) in [5.74, 6) is -0.151. The van der Waals surface area contributed by atoms with E-state index in [1.54, 1.807) is 31.2 Å². The highest BCUT2D eigenvalue weighted by Crippen LogP contribution is 2.29. The Morgan fingerprint density at radius 1 is 1.35 bits per heavy atom. The number of aryl methyl sites for hydroxylation is 1. The standard InChI is InChI=1S/C14H12ClFN2O2/c1-8-7-9(5-6-10(8)14(17)18-19)20-12-4-2-3-11(15)13(12)16/h2-7,19H,1H3,(H2,17,18). The van der Waals surface area contributed by atoms with Crippen LogP contribution >= 0.6 is 11.6 Å². The number of oxime groups is 1. The second kappa shape index (κ2) is 5.79. The van der Waals surface area contributed by atoms with Gasteiger partial charge < -0.3 is 15.7 Å². The maximum absolute atomic E-state index is 13.7. The molecule has 104 valence electrons. The van der Waals surface area contributed by atoms with Gasteiger partial charge in [-0.25, -0.2) is 4.39 Å². The lowest BCUT2D eigenvalue weighted by Gasteiger charge is -2.10. The van der Waals surface area contributed by atoms with Crippen LogP contribution in [0.5, 0.6) is 11.5 Å². The lowest BCUT2D eigenvalue weighted by molar-refractivity contribution is 0.318. The summed E-state index contributed by atoms with van der Waals surface area (Å²) in [6, 6.07) is 9.40. The fourth-order valence-electron chi connectivity index (χ4n) is 1.73. The Morgan fingerprint density at radius 3 is 2.75 bits per heavy atom. The highest BCUT2D eigenvalue weighted by atomic mass is 35.5. The largest absolute Gasteiger partial charge is 0.454 e. The molecule has 2 aromatic carbocycles. The molecule has 0 aliphatic heterocycles. The third kappa shape index (κ3) is 2.83. The molecule has 0 spiro atoms. The number of hydrogen-bond acceptors (Lipinski definition) is 3. The van der Waals surface area contributed by atoms with E-state index >= 15 is 0 Å². The highest BCUT2D eigenvalue weighted by molar-refractivity contribution is 6.30. The summed E-state index contributed by atoms with van der Waals surface area (Å²) in [5.41, 5.74) is 6.84. The molecule has 4 nitrogen and oxygen atoms in total. The van der Waals surface area contributed by atoms with Crippen LogP contribution in [0, 0.1) is 12.7 Å². The van der Waals surface area contributed by atoms with Crippen LogP contribution in [0.4, 0.5) is 4.39 Å². The van der Waals surface area contributed by atoms with E-state index in [1.165, 1.54) is 12.1 Å². The van der Waals surface area contributed by atoms with Crippen molar-refractivity contribution in [3.05, 3.63) is 58.4 Å². The minimum atomic E-state index is -0.618. The van der Waals surface area contributed by atoms with E-state index in [4.69, 9.17) is 27.3 Å². The number of nitrogens with zero attached hydrogens (tertiary/aromatic N) is 1. The van der Waals surface area contributed by atoms with Gasteiger partial charge in [0.15, 0.2) is 17.4 Å². The molecule has 0 saturated carbocycles. The molecule has 0 bridgehead atoms. The van der Waals surface area contributed by atoms with E-state index in [2.05, 4.69) is 5.16 Å². The molecule has 0 aliphatic rings. The highest BCUT2D eigenvalue weighted by Gasteiger charge is 2.10. The molecule has 3 N–H and O–H groups in total. The van der Waals surface area contributed by atoms with Crippen LogP contribution in [0.1, 0.15) is 11.1 Å². The first-order valence-electron chi connectivity index (χ1n) is 5.73. The van der Waals surface area contributed by atoms with Crippen LogP contribution in [0.2, 0.25) is 5.02 Å². The molecule has 0 radical (unpaired) electrons. The molecule has 2 rings (SSSR count). The SMILES string of the molecule is Cc1cc(Oc2cccc(Cl)c2F)ccc1/C(N)=N/O. The van der Waals surface area contributed by atoms with Crippen LogP contribution in [0.15, 0.2) is 41.6 Å². The van der Waals surface area contributed by atoms with Crippen LogP contribution in [-0.4, -0.2) is 11.0 Å². The maximum atomic E-state index is 13.7. The Morgan fingerprint density at radius 2 is 2.10 bits per heavy atom. The number of halogens is 2. The van der Waals surface area contributed by atoms with E-state index in [0.29, 0.717) is 11.3 Å². The Balaban J connectivity index is 2.31. The van der Waals surface area contributed by atoms with Gasteiger partial charge in [0.25, 0.3) is 0 Å². The molecule has 2 aromatic rings. The Kier molecular flexibility index (Phi) is 4.10. The number of ether oxygens (including phenoxy) is 1. The van der Waals surface area contributed by atoms with E-state index in [1.807, 2.05) is 0 Å². The van der Waals surface area contributed by atoms with Crippen LogP contribution in [0.3, 0.4) is 0 Å². The van der Waals surface area contributed by atoms with Gasteiger partial charge in [0, 0.05) is 5.56 Å². The van der Waals surface area contributed by atoms with Crippen molar-refractivity contribution >= 4 is 17.4 Å². The van der Waals surface area contributed by atoms with E-state index in [-0.39, 0.29) is 16.6 Å². The fraction of sp³-hybridized carbons (Fsp3) is 0.0714. The second-order valence-corrected chi connectivity index (χ2v) is 4.52. The number of rotatable bonds is 3. The summed E-state index contributed by atoms with van der Waals surface area (Å²) in [4.78, 5) is 0. The molecule has 0 heterocycles. The van der Waals surface area contributed by atoms with Crippen LogP contribution < -0.4 is 10.5 Å².